The number of hydrogen-bond donors (Lipinski definition) is 2. The summed E-state index contributed by atoms with van der Waals surface area (Å²) < 4.78 is 31.5. The molecule has 1 aliphatic rings. The Morgan fingerprint density at radius 2 is 2.21 bits per heavy atom. The molecule has 108 valence electrons. The Kier molecular flexibility index (Phi) is 4.56. The monoisotopic (exact) mass is 288 g/mol. The fourth-order valence-corrected chi connectivity index (χ4v) is 3.57. The van der Waals surface area contributed by atoms with Crippen molar-refractivity contribution in [2.24, 2.45) is 11.7 Å². The Morgan fingerprint density at radius 1 is 1.53 bits per heavy atom. The number of aromatic amines is 1. The van der Waals surface area contributed by atoms with Crippen molar-refractivity contribution in [3.63, 3.8) is 0 Å². The molecule has 0 radical (unpaired) electrons. The highest BCUT2D eigenvalue weighted by atomic mass is 32.2. The molecule has 0 spiro atoms. The van der Waals surface area contributed by atoms with Crippen LogP contribution in [0.3, 0.4) is 0 Å². The van der Waals surface area contributed by atoms with Gasteiger partial charge in [-0.15, -0.1) is 0 Å². The molecule has 0 atom stereocenters. The first-order valence-corrected chi connectivity index (χ1v) is 7.76. The summed E-state index contributed by atoms with van der Waals surface area (Å²) in [6.45, 7) is 2.05. The van der Waals surface area contributed by atoms with Crippen molar-refractivity contribution < 1.29 is 13.2 Å². The molecule has 0 unspecified atom stereocenters. The topological polar surface area (TPSA) is 101 Å². The van der Waals surface area contributed by atoms with Gasteiger partial charge in [0.25, 0.3) is 10.0 Å². The van der Waals surface area contributed by atoms with Gasteiger partial charge in [-0.1, -0.05) is 0 Å². The average molecular weight is 288 g/mol. The van der Waals surface area contributed by atoms with Crippen LogP contribution in [0.15, 0.2) is 11.2 Å². The van der Waals surface area contributed by atoms with Crippen molar-refractivity contribution in [3.8, 4) is 0 Å². The number of hydrogen-bond acceptors (Lipinski definition) is 5. The van der Waals surface area contributed by atoms with E-state index in [1.807, 2.05) is 0 Å². The third-order valence-corrected chi connectivity index (χ3v) is 5.26. The number of sulfonamides is 1. The highest BCUT2D eigenvalue weighted by Gasteiger charge is 2.28. The van der Waals surface area contributed by atoms with Crippen LogP contribution in [0.25, 0.3) is 0 Å². The quantitative estimate of drug-likeness (QED) is 0.789. The van der Waals surface area contributed by atoms with Crippen molar-refractivity contribution in [2.75, 3.05) is 26.8 Å². The van der Waals surface area contributed by atoms with Crippen molar-refractivity contribution in [1.29, 1.82) is 0 Å². The molecule has 0 aliphatic carbocycles. The lowest BCUT2D eigenvalue weighted by molar-refractivity contribution is 0.0620. The molecular formula is C11H20N4O3S. The fraction of sp³-hybridized carbons (Fsp3) is 0.727. The van der Waals surface area contributed by atoms with Crippen molar-refractivity contribution >= 4 is 10.0 Å². The second kappa shape index (κ2) is 6.00. The standard InChI is InChI=1S/C11H20N4O3S/c1-15(8-9-2-4-18-5-3-9)19(16,17)11-10(6-12)7-13-14-11/h7,9H,2-6,8,12H2,1H3,(H,13,14). The highest BCUT2D eigenvalue weighted by molar-refractivity contribution is 7.89. The maximum absolute atomic E-state index is 12.4. The van der Waals surface area contributed by atoms with Gasteiger partial charge in [0.1, 0.15) is 0 Å². The lowest BCUT2D eigenvalue weighted by Gasteiger charge is -2.26. The molecule has 0 aromatic carbocycles. The Hall–Kier alpha value is -0.960. The summed E-state index contributed by atoms with van der Waals surface area (Å²) in [7, 11) is -1.95. The van der Waals surface area contributed by atoms with E-state index in [-0.39, 0.29) is 11.6 Å². The van der Waals surface area contributed by atoms with Crippen LogP contribution in [0.1, 0.15) is 18.4 Å². The third-order valence-electron chi connectivity index (χ3n) is 3.42. The van der Waals surface area contributed by atoms with Crippen LogP contribution in [0.5, 0.6) is 0 Å². The lowest BCUT2D eigenvalue weighted by Crippen LogP contribution is -2.34. The Bertz CT molecular complexity index is 508. The molecule has 1 fully saturated rings. The molecule has 3 N–H and O–H groups in total. The first-order chi connectivity index (χ1) is 9.05. The number of ether oxygens (including phenoxy) is 1. The van der Waals surface area contributed by atoms with Crippen LogP contribution in [0.4, 0.5) is 0 Å². The molecule has 1 aromatic rings. The number of rotatable bonds is 5. The predicted octanol–water partition coefficient (Wildman–Crippen LogP) is -0.0845. The maximum Gasteiger partial charge on any atom is 0.260 e. The summed E-state index contributed by atoms with van der Waals surface area (Å²) in [6, 6.07) is 0. The van der Waals surface area contributed by atoms with E-state index in [0.717, 1.165) is 12.8 Å². The third kappa shape index (κ3) is 3.14. The number of nitrogens with two attached hydrogens (primary N) is 1. The minimum Gasteiger partial charge on any atom is -0.381 e. The molecule has 7 nitrogen and oxygen atoms in total. The van der Waals surface area contributed by atoms with E-state index in [0.29, 0.717) is 31.2 Å². The van der Waals surface area contributed by atoms with Crippen molar-refractivity contribution in [1.82, 2.24) is 14.5 Å². The molecule has 0 saturated carbocycles. The van der Waals surface area contributed by atoms with Crippen LogP contribution in [0.2, 0.25) is 0 Å². The summed E-state index contributed by atoms with van der Waals surface area (Å²) in [6.07, 6.45) is 3.24. The van der Waals surface area contributed by atoms with Gasteiger partial charge in [0.05, 0.1) is 6.20 Å². The molecule has 0 amide bonds. The molecule has 1 aliphatic heterocycles. The zero-order valence-corrected chi connectivity index (χ0v) is 11.8. The van der Waals surface area contributed by atoms with E-state index in [4.69, 9.17) is 10.5 Å². The summed E-state index contributed by atoms with van der Waals surface area (Å²) in [5, 5.41) is 6.39. The maximum atomic E-state index is 12.4. The molecule has 0 bridgehead atoms. The van der Waals surface area contributed by atoms with Gasteiger partial charge in [-0.2, -0.15) is 9.40 Å². The summed E-state index contributed by atoms with van der Waals surface area (Å²) in [4.78, 5) is 0. The van der Waals surface area contributed by atoms with Gasteiger partial charge in [-0.3, -0.25) is 5.10 Å². The molecule has 2 heterocycles. The number of H-pyrrole nitrogens is 1. The van der Waals surface area contributed by atoms with E-state index in [2.05, 4.69) is 10.2 Å². The SMILES string of the molecule is CN(CC1CCOCC1)S(=O)(=O)c1[nH]ncc1CN. The Morgan fingerprint density at radius 3 is 2.84 bits per heavy atom. The van der Waals surface area contributed by atoms with Gasteiger partial charge in [-0.25, -0.2) is 8.42 Å². The first-order valence-electron chi connectivity index (χ1n) is 6.32. The number of aromatic nitrogens is 2. The Balaban J connectivity index is 2.10. The molecule has 8 heteroatoms. The van der Waals surface area contributed by atoms with Crippen LogP contribution in [-0.4, -0.2) is 49.7 Å². The van der Waals surface area contributed by atoms with Crippen molar-refractivity contribution in [3.05, 3.63) is 11.8 Å². The van der Waals surface area contributed by atoms with Crippen LogP contribution in [-0.2, 0) is 21.3 Å². The Labute approximate surface area is 113 Å². The zero-order valence-electron chi connectivity index (χ0n) is 11.0. The number of nitrogens with zero attached hydrogens (tertiary/aromatic N) is 2. The van der Waals surface area contributed by atoms with Crippen LogP contribution in [0, 0.1) is 5.92 Å². The molecule has 1 saturated heterocycles. The molecule has 1 aromatic heterocycles. The summed E-state index contributed by atoms with van der Waals surface area (Å²) in [5.41, 5.74) is 6.03. The minimum absolute atomic E-state index is 0.101. The molecular weight excluding hydrogens is 268 g/mol. The largest absolute Gasteiger partial charge is 0.381 e. The van der Waals surface area contributed by atoms with Gasteiger partial charge < -0.3 is 10.5 Å². The number of nitrogens with one attached hydrogen (secondary N) is 1. The van der Waals surface area contributed by atoms with Gasteiger partial charge >= 0.3 is 0 Å². The minimum atomic E-state index is -3.54. The van der Waals surface area contributed by atoms with E-state index in [9.17, 15) is 8.42 Å². The normalized spacial score (nSPS) is 18.1. The fourth-order valence-electron chi connectivity index (χ4n) is 2.21. The van der Waals surface area contributed by atoms with E-state index in [1.54, 1.807) is 7.05 Å². The predicted molar refractivity (Wildman–Crippen MR) is 69.8 cm³/mol. The van der Waals surface area contributed by atoms with Gasteiger partial charge in [-0.05, 0) is 18.8 Å². The van der Waals surface area contributed by atoms with Crippen LogP contribution >= 0.6 is 0 Å². The van der Waals surface area contributed by atoms with Gasteiger partial charge in [0.15, 0.2) is 5.03 Å². The summed E-state index contributed by atoms with van der Waals surface area (Å²) in [5.74, 6) is 0.345. The molecule has 19 heavy (non-hydrogen) atoms. The van der Waals surface area contributed by atoms with E-state index in [1.165, 1.54) is 10.5 Å². The van der Waals surface area contributed by atoms with Gasteiger partial charge in [0.2, 0.25) is 0 Å². The lowest BCUT2D eigenvalue weighted by atomic mass is 10.0. The van der Waals surface area contributed by atoms with Crippen LogP contribution < -0.4 is 5.73 Å². The average Bonchev–Trinajstić information content (AvgIpc) is 2.88. The second-order valence-electron chi connectivity index (χ2n) is 4.77. The highest BCUT2D eigenvalue weighted by Crippen LogP contribution is 2.21. The zero-order chi connectivity index (χ0) is 13.9. The van der Waals surface area contributed by atoms with E-state index >= 15 is 0 Å². The van der Waals surface area contributed by atoms with Gasteiger partial charge in [0, 0.05) is 38.9 Å². The summed E-state index contributed by atoms with van der Waals surface area (Å²) >= 11 is 0. The second-order valence-corrected chi connectivity index (χ2v) is 6.75. The smallest absolute Gasteiger partial charge is 0.260 e. The first kappa shape index (κ1) is 14.4. The van der Waals surface area contributed by atoms with E-state index < -0.39 is 10.0 Å². The molecule has 2 rings (SSSR count). The van der Waals surface area contributed by atoms with Crippen molar-refractivity contribution in [2.45, 2.75) is 24.4 Å².